The summed E-state index contributed by atoms with van der Waals surface area (Å²) in [4.78, 5) is 20.5. The van der Waals surface area contributed by atoms with Gasteiger partial charge in [-0.25, -0.2) is 4.99 Å². The summed E-state index contributed by atoms with van der Waals surface area (Å²) in [6.07, 6.45) is 1.14. The van der Waals surface area contributed by atoms with Crippen molar-refractivity contribution in [2.75, 3.05) is 40.3 Å². The Hall–Kier alpha value is -3.02. The fourth-order valence-electron chi connectivity index (χ4n) is 3.55. The number of nitrogens with zero attached hydrogens (tertiary/aromatic N) is 3. The maximum atomic E-state index is 11.7. The number of amides is 1. The van der Waals surface area contributed by atoms with E-state index < -0.39 is 0 Å². The molecule has 2 aromatic carbocycles. The average Bonchev–Trinajstić information content (AvgIpc) is 3.26. The summed E-state index contributed by atoms with van der Waals surface area (Å²) >= 11 is 0. The Morgan fingerprint density at radius 2 is 2.00 bits per heavy atom. The van der Waals surface area contributed by atoms with Gasteiger partial charge in [0.05, 0.1) is 6.54 Å². The number of carbonyl (C=O) groups excluding carboxylic acids is 1. The van der Waals surface area contributed by atoms with Crippen molar-refractivity contribution in [3.8, 4) is 5.75 Å². The Balaban J connectivity index is 1.62. The molecule has 1 saturated heterocycles. The molecule has 2 aromatic rings. The number of nitrogens with one attached hydrogen (secondary N) is 1. The Morgan fingerprint density at radius 3 is 2.73 bits per heavy atom. The molecule has 0 spiro atoms. The summed E-state index contributed by atoms with van der Waals surface area (Å²) < 4.78 is 5.62. The Bertz CT molecular complexity index is 851. The van der Waals surface area contributed by atoms with Gasteiger partial charge in [-0.2, -0.15) is 0 Å². The zero-order valence-corrected chi connectivity index (χ0v) is 18.2. The molecule has 0 saturated carbocycles. The van der Waals surface area contributed by atoms with Gasteiger partial charge in [-0.15, -0.1) is 0 Å². The van der Waals surface area contributed by atoms with Crippen LogP contribution in [0.25, 0.3) is 0 Å². The van der Waals surface area contributed by atoms with Crippen molar-refractivity contribution >= 4 is 11.9 Å². The third kappa shape index (κ3) is 5.99. The van der Waals surface area contributed by atoms with E-state index in [2.05, 4.69) is 47.5 Å². The molecule has 30 heavy (non-hydrogen) atoms. The van der Waals surface area contributed by atoms with Gasteiger partial charge in [0.2, 0.25) is 0 Å². The van der Waals surface area contributed by atoms with Crippen LogP contribution in [0.15, 0.2) is 59.6 Å². The molecule has 1 fully saturated rings. The summed E-state index contributed by atoms with van der Waals surface area (Å²) in [6.45, 7) is 5.51. The fourth-order valence-corrected chi connectivity index (χ4v) is 3.55. The Labute approximate surface area is 179 Å². The van der Waals surface area contributed by atoms with Crippen LogP contribution in [0.2, 0.25) is 0 Å². The third-order valence-electron chi connectivity index (χ3n) is 5.26. The van der Waals surface area contributed by atoms with E-state index in [1.165, 1.54) is 10.5 Å². The molecule has 1 amide bonds. The maximum absolute atomic E-state index is 11.7. The summed E-state index contributed by atoms with van der Waals surface area (Å²) in [5.41, 5.74) is 2.45. The number of benzene rings is 2. The van der Waals surface area contributed by atoms with E-state index in [1.54, 1.807) is 14.1 Å². The topological polar surface area (TPSA) is 57.2 Å². The lowest BCUT2D eigenvalue weighted by molar-refractivity contribution is -0.130. The van der Waals surface area contributed by atoms with Crippen LogP contribution >= 0.6 is 0 Å². The van der Waals surface area contributed by atoms with Crippen molar-refractivity contribution in [1.29, 1.82) is 0 Å². The number of guanidine groups is 1. The van der Waals surface area contributed by atoms with Crippen LogP contribution in [0.1, 0.15) is 30.4 Å². The molecule has 1 aliphatic heterocycles. The van der Waals surface area contributed by atoms with Crippen LogP contribution < -0.4 is 10.1 Å². The lowest BCUT2D eigenvalue weighted by atomic mass is 9.99. The highest BCUT2D eigenvalue weighted by Gasteiger charge is 2.25. The van der Waals surface area contributed by atoms with Gasteiger partial charge in [0.1, 0.15) is 5.75 Å². The maximum Gasteiger partial charge on any atom is 0.259 e. The van der Waals surface area contributed by atoms with Crippen LogP contribution in [0, 0.1) is 0 Å². The zero-order valence-electron chi connectivity index (χ0n) is 18.2. The predicted molar refractivity (Wildman–Crippen MR) is 121 cm³/mol. The fraction of sp³-hybridized carbons (Fsp3) is 0.417. The number of hydrogen-bond donors (Lipinski definition) is 1. The second-order valence-corrected chi connectivity index (χ2v) is 7.74. The van der Waals surface area contributed by atoms with Gasteiger partial charge in [-0.3, -0.25) is 4.79 Å². The molecular weight excluding hydrogens is 376 g/mol. The second-order valence-electron chi connectivity index (χ2n) is 7.74. The molecule has 3 rings (SSSR count). The van der Waals surface area contributed by atoms with Gasteiger partial charge in [-0.1, -0.05) is 42.5 Å². The van der Waals surface area contributed by atoms with E-state index in [0.29, 0.717) is 18.2 Å². The lowest BCUT2D eigenvalue weighted by Gasteiger charge is -2.22. The monoisotopic (exact) mass is 408 g/mol. The van der Waals surface area contributed by atoms with Gasteiger partial charge >= 0.3 is 0 Å². The van der Waals surface area contributed by atoms with Crippen LogP contribution in [-0.2, 0) is 11.3 Å². The molecule has 0 radical (unpaired) electrons. The molecule has 1 heterocycles. The summed E-state index contributed by atoms with van der Waals surface area (Å²) in [5, 5.41) is 3.43. The van der Waals surface area contributed by atoms with Crippen molar-refractivity contribution in [2.24, 2.45) is 4.99 Å². The van der Waals surface area contributed by atoms with Crippen LogP contribution in [0.5, 0.6) is 5.75 Å². The molecule has 1 unspecified atom stereocenters. The first-order valence-electron chi connectivity index (χ1n) is 10.6. The van der Waals surface area contributed by atoms with E-state index in [9.17, 15) is 4.79 Å². The molecular formula is C24H32N4O2. The van der Waals surface area contributed by atoms with Gasteiger partial charge in [0.15, 0.2) is 12.6 Å². The van der Waals surface area contributed by atoms with Gasteiger partial charge in [0.25, 0.3) is 5.91 Å². The van der Waals surface area contributed by atoms with Crippen molar-refractivity contribution in [3.05, 3.63) is 65.7 Å². The number of likely N-dealkylation sites (tertiary alicyclic amines) is 1. The summed E-state index contributed by atoms with van der Waals surface area (Å²) in [7, 11) is 3.44. The number of ether oxygens (including phenoxy) is 1. The average molecular weight is 409 g/mol. The Morgan fingerprint density at radius 1 is 1.20 bits per heavy atom. The number of hydrogen-bond acceptors (Lipinski definition) is 3. The van der Waals surface area contributed by atoms with Crippen LogP contribution in [0.3, 0.4) is 0 Å². The van der Waals surface area contributed by atoms with Crippen molar-refractivity contribution in [3.63, 3.8) is 0 Å². The van der Waals surface area contributed by atoms with Crippen LogP contribution in [-0.4, -0.2) is 62.0 Å². The highest BCUT2D eigenvalue weighted by atomic mass is 16.5. The van der Waals surface area contributed by atoms with Gasteiger partial charge < -0.3 is 19.9 Å². The minimum absolute atomic E-state index is 0.0387. The number of aliphatic imine (C=N–C) groups is 1. The van der Waals surface area contributed by atoms with Crippen molar-refractivity contribution in [1.82, 2.24) is 15.1 Å². The zero-order chi connectivity index (χ0) is 21.3. The number of carbonyl (C=O) groups is 1. The molecule has 1 N–H and O–H groups in total. The molecule has 1 atom stereocenters. The van der Waals surface area contributed by atoms with Gasteiger partial charge in [0, 0.05) is 39.6 Å². The molecule has 6 heteroatoms. The van der Waals surface area contributed by atoms with Gasteiger partial charge in [-0.05, 0) is 36.6 Å². The molecule has 1 aliphatic rings. The van der Waals surface area contributed by atoms with E-state index in [0.717, 1.165) is 37.6 Å². The van der Waals surface area contributed by atoms with Crippen LogP contribution in [0.4, 0.5) is 0 Å². The van der Waals surface area contributed by atoms with E-state index in [1.807, 2.05) is 24.3 Å². The molecule has 0 bridgehead atoms. The molecule has 0 aromatic heterocycles. The van der Waals surface area contributed by atoms with E-state index in [-0.39, 0.29) is 12.5 Å². The first-order valence-corrected chi connectivity index (χ1v) is 10.6. The summed E-state index contributed by atoms with van der Waals surface area (Å²) in [5.74, 6) is 2.12. The quantitative estimate of drug-likeness (QED) is 0.565. The number of rotatable bonds is 7. The van der Waals surface area contributed by atoms with E-state index >= 15 is 0 Å². The highest BCUT2D eigenvalue weighted by Crippen LogP contribution is 2.27. The first kappa shape index (κ1) is 21.7. The smallest absolute Gasteiger partial charge is 0.259 e. The van der Waals surface area contributed by atoms with Crippen molar-refractivity contribution in [2.45, 2.75) is 25.8 Å². The number of likely N-dealkylation sites (N-methyl/N-ethyl adjacent to an activating group) is 1. The Kier molecular flexibility index (Phi) is 7.71. The second kappa shape index (κ2) is 10.7. The minimum Gasteiger partial charge on any atom is -0.484 e. The van der Waals surface area contributed by atoms with Crippen molar-refractivity contribution < 1.29 is 9.53 Å². The molecule has 160 valence electrons. The molecule has 0 aliphatic carbocycles. The predicted octanol–water partition coefficient (Wildman–Crippen LogP) is 3.11. The first-order chi connectivity index (χ1) is 14.6. The normalized spacial score (nSPS) is 16.4. The lowest BCUT2D eigenvalue weighted by Crippen LogP contribution is -2.40. The SMILES string of the molecule is CCNC(=NCc1cccc(OCC(=O)N(C)C)c1)N1CCC(c2ccccc2)C1. The standard InChI is InChI=1S/C24H32N4O2/c1-4-25-24(28-14-13-21(17-28)20-10-6-5-7-11-20)26-16-19-9-8-12-22(15-19)30-18-23(29)27(2)3/h5-12,15,21H,4,13-14,16-18H2,1-3H3,(H,25,26). The highest BCUT2D eigenvalue weighted by molar-refractivity contribution is 5.80. The molecule has 6 nitrogen and oxygen atoms in total. The third-order valence-corrected chi connectivity index (χ3v) is 5.26. The summed E-state index contributed by atoms with van der Waals surface area (Å²) in [6, 6.07) is 18.5. The van der Waals surface area contributed by atoms with E-state index in [4.69, 9.17) is 9.73 Å². The minimum atomic E-state index is -0.0603. The largest absolute Gasteiger partial charge is 0.484 e.